The first-order valence-corrected chi connectivity index (χ1v) is 13.5. The number of anilines is 2. The first-order valence-electron chi connectivity index (χ1n) is 12.8. The van der Waals surface area contributed by atoms with Crippen molar-refractivity contribution >= 4 is 46.0 Å². The lowest BCUT2D eigenvalue weighted by Crippen LogP contribution is -2.32. The van der Waals surface area contributed by atoms with Crippen LogP contribution in [-0.4, -0.2) is 22.9 Å². The number of hydrogen-bond acceptors (Lipinski definition) is 6. The van der Waals surface area contributed by atoms with Crippen molar-refractivity contribution in [3.8, 4) is 0 Å². The molecule has 2 fully saturated rings. The van der Waals surface area contributed by atoms with Crippen LogP contribution in [0.1, 0.15) is 55.3 Å². The zero-order valence-electron chi connectivity index (χ0n) is 21.3. The maximum atomic E-state index is 15.5. The molecule has 3 aromatic carbocycles. The van der Waals surface area contributed by atoms with E-state index in [1.54, 1.807) is 4.90 Å². The Kier molecular flexibility index (Phi) is 7.97. The number of nitrogens with zero attached hydrogens (tertiary/aromatic N) is 4. The van der Waals surface area contributed by atoms with Gasteiger partial charge in [0.25, 0.3) is 11.4 Å². The zero-order valence-corrected chi connectivity index (χ0v) is 22.8. The van der Waals surface area contributed by atoms with Crippen LogP contribution in [0.25, 0.3) is 0 Å². The van der Waals surface area contributed by atoms with Crippen molar-refractivity contribution < 1.29 is 27.4 Å². The van der Waals surface area contributed by atoms with E-state index in [0.29, 0.717) is 13.1 Å². The van der Waals surface area contributed by atoms with Gasteiger partial charge in [0.05, 0.1) is 21.9 Å². The Balaban J connectivity index is 1.68. The lowest BCUT2D eigenvalue weighted by Gasteiger charge is -2.35. The Hall–Kier alpha value is -3.64. The number of nitro groups is 2. The molecule has 0 spiro atoms. The molecule has 0 aliphatic carbocycles. The SMILES string of the molecule is O=[N+]([O-])c1cc(C2CCC(c3cc([N+](=O)[O-])c(Cl)cc3F)N2c2cc(F)c(N3CCCCC3)c(F)c2)c(F)cc1Cl. The molecule has 2 heterocycles. The summed E-state index contributed by atoms with van der Waals surface area (Å²) in [4.78, 5) is 24.4. The molecule has 0 amide bonds. The van der Waals surface area contributed by atoms with Crippen molar-refractivity contribution in [2.24, 2.45) is 0 Å². The predicted octanol–water partition coefficient (Wildman–Crippen LogP) is 8.44. The molecule has 0 radical (unpaired) electrons. The van der Waals surface area contributed by atoms with Crippen molar-refractivity contribution in [2.75, 3.05) is 22.9 Å². The summed E-state index contributed by atoms with van der Waals surface area (Å²) in [6.07, 6.45) is 2.59. The Morgan fingerprint density at radius 2 is 1.12 bits per heavy atom. The topological polar surface area (TPSA) is 92.8 Å². The predicted molar refractivity (Wildman–Crippen MR) is 146 cm³/mol. The smallest absolute Gasteiger partial charge is 0.288 e. The lowest BCUT2D eigenvalue weighted by molar-refractivity contribution is -0.384. The van der Waals surface area contributed by atoms with Crippen LogP contribution in [0.2, 0.25) is 10.0 Å². The Bertz CT molecular complexity index is 1450. The van der Waals surface area contributed by atoms with Gasteiger partial charge < -0.3 is 9.80 Å². The molecule has 0 aromatic heterocycles. The van der Waals surface area contributed by atoms with Crippen LogP contribution in [0.4, 0.5) is 40.3 Å². The van der Waals surface area contributed by atoms with Gasteiger partial charge in [0, 0.05) is 42.0 Å². The van der Waals surface area contributed by atoms with Gasteiger partial charge in [0.2, 0.25) is 0 Å². The number of nitro benzene ring substituents is 2. The second-order valence-electron chi connectivity index (χ2n) is 9.99. The van der Waals surface area contributed by atoms with Gasteiger partial charge in [-0.3, -0.25) is 20.2 Å². The highest BCUT2D eigenvalue weighted by Gasteiger charge is 2.40. The maximum absolute atomic E-state index is 15.5. The van der Waals surface area contributed by atoms with Gasteiger partial charge in [-0.25, -0.2) is 17.6 Å². The van der Waals surface area contributed by atoms with Crippen LogP contribution < -0.4 is 9.80 Å². The first-order chi connectivity index (χ1) is 19.5. The molecule has 2 unspecified atom stereocenters. The van der Waals surface area contributed by atoms with E-state index < -0.39 is 66.6 Å². The Morgan fingerprint density at radius 3 is 1.54 bits per heavy atom. The minimum absolute atomic E-state index is 0.0628. The van der Waals surface area contributed by atoms with Crippen molar-refractivity contribution in [1.29, 1.82) is 0 Å². The summed E-state index contributed by atoms with van der Waals surface area (Å²) in [6.45, 7) is 0.920. The van der Waals surface area contributed by atoms with E-state index in [1.165, 1.54) is 4.90 Å². The van der Waals surface area contributed by atoms with Crippen molar-refractivity contribution in [3.63, 3.8) is 0 Å². The van der Waals surface area contributed by atoms with E-state index >= 15 is 17.6 Å². The molecule has 3 aromatic rings. The molecule has 0 bridgehead atoms. The maximum Gasteiger partial charge on any atom is 0.288 e. The molecule has 2 atom stereocenters. The summed E-state index contributed by atoms with van der Waals surface area (Å²) in [6, 6.07) is 3.38. The molecular formula is C27H22Cl2F4N4O4. The minimum atomic E-state index is -1.07. The van der Waals surface area contributed by atoms with Crippen LogP contribution in [-0.2, 0) is 0 Å². The van der Waals surface area contributed by atoms with Gasteiger partial charge in [0.15, 0.2) is 11.6 Å². The quantitative estimate of drug-likeness (QED) is 0.157. The van der Waals surface area contributed by atoms with Gasteiger partial charge in [-0.1, -0.05) is 23.2 Å². The fourth-order valence-corrected chi connectivity index (χ4v) is 6.24. The highest BCUT2D eigenvalue weighted by Crippen LogP contribution is 2.50. The highest BCUT2D eigenvalue weighted by atomic mass is 35.5. The molecule has 14 heteroatoms. The fraction of sp³-hybridized carbons (Fsp3) is 0.333. The third-order valence-electron chi connectivity index (χ3n) is 7.60. The summed E-state index contributed by atoms with van der Waals surface area (Å²) < 4.78 is 61.6. The van der Waals surface area contributed by atoms with E-state index in [2.05, 4.69) is 0 Å². The lowest BCUT2D eigenvalue weighted by atomic mass is 10.0. The Morgan fingerprint density at radius 1 is 0.683 bits per heavy atom. The van der Waals surface area contributed by atoms with Crippen LogP contribution in [0.5, 0.6) is 0 Å². The summed E-state index contributed by atoms with van der Waals surface area (Å²) in [5, 5.41) is 22.2. The Labute approximate surface area is 241 Å². The molecular weight excluding hydrogens is 591 g/mol. The van der Waals surface area contributed by atoms with E-state index in [4.69, 9.17) is 23.2 Å². The largest absolute Gasteiger partial charge is 0.367 e. The second kappa shape index (κ2) is 11.3. The monoisotopic (exact) mass is 612 g/mol. The minimum Gasteiger partial charge on any atom is -0.367 e. The molecule has 2 aliphatic heterocycles. The molecule has 41 heavy (non-hydrogen) atoms. The van der Waals surface area contributed by atoms with Gasteiger partial charge in [-0.05, 0) is 56.4 Å². The van der Waals surface area contributed by atoms with Crippen molar-refractivity contribution in [3.05, 3.63) is 101 Å². The average molecular weight is 613 g/mol. The molecule has 8 nitrogen and oxygen atoms in total. The number of halogens is 6. The number of benzene rings is 3. The van der Waals surface area contributed by atoms with Gasteiger partial charge in [-0.2, -0.15) is 0 Å². The molecule has 2 aliphatic rings. The standard InChI is InChI=1S/C27H22Cl2F4N4O4/c28-17-12-19(30)15(10-25(17)36(38)39)23-4-5-24(16-11-26(37(40)41)18(29)13-20(16)31)35(23)14-8-21(32)27(22(33)9-14)34-6-2-1-3-7-34/h8-13,23-24H,1-7H2. The normalized spacial score (nSPS) is 19.1. The third kappa shape index (κ3) is 5.38. The fourth-order valence-electron chi connectivity index (χ4n) is 5.80. The van der Waals surface area contributed by atoms with E-state index in [0.717, 1.165) is 55.7 Å². The van der Waals surface area contributed by atoms with Gasteiger partial charge in [-0.15, -0.1) is 0 Å². The number of piperidine rings is 1. The zero-order chi connectivity index (χ0) is 29.6. The van der Waals surface area contributed by atoms with Crippen LogP contribution in [0.15, 0.2) is 36.4 Å². The molecule has 2 saturated heterocycles. The van der Waals surface area contributed by atoms with Gasteiger partial charge >= 0.3 is 0 Å². The second-order valence-corrected chi connectivity index (χ2v) is 10.8. The summed E-state index contributed by atoms with van der Waals surface area (Å²) in [7, 11) is 0. The highest BCUT2D eigenvalue weighted by molar-refractivity contribution is 6.33. The molecule has 216 valence electrons. The number of hydrogen-bond donors (Lipinski definition) is 0. The molecule has 5 rings (SSSR count). The molecule has 0 saturated carbocycles. The number of rotatable bonds is 6. The van der Waals surface area contributed by atoms with E-state index in [9.17, 15) is 20.2 Å². The van der Waals surface area contributed by atoms with Crippen LogP contribution in [0, 0.1) is 43.5 Å². The third-order valence-corrected chi connectivity index (χ3v) is 8.21. The summed E-state index contributed by atoms with van der Waals surface area (Å²) in [5.41, 5.74) is -1.89. The van der Waals surface area contributed by atoms with Gasteiger partial charge in [0.1, 0.15) is 27.4 Å². The van der Waals surface area contributed by atoms with E-state index in [-0.39, 0.29) is 35.3 Å². The summed E-state index contributed by atoms with van der Waals surface area (Å²) >= 11 is 11.7. The molecule has 0 N–H and O–H groups in total. The summed E-state index contributed by atoms with van der Waals surface area (Å²) in [5.74, 6) is -3.61. The van der Waals surface area contributed by atoms with E-state index in [1.807, 2.05) is 0 Å². The van der Waals surface area contributed by atoms with Crippen LogP contribution in [0.3, 0.4) is 0 Å². The van der Waals surface area contributed by atoms with Crippen LogP contribution >= 0.6 is 23.2 Å². The average Bonchev–Trinajstić information content (AvgIpc) is 3.33. The van der Waals surface area contributed by atoms with Crippen molar-refractivity contribution in [1.82, 2.24) is 0 Å². The first kappa shape index (κ1) is 28.9. The van der Waals surface area contributed by atoms with Crippen molar-refractivity contribution in [2.45, 2.75) is 44.2 Å².